The van der Waals surface area contributed by atoms with Crippen LogP contribution in [0, 0.1) is 0 Å². The molecule has 0 saturated heterocycles. The van der Waals surface area contributed by atoms with Crippen molar-refractivity contribution >= 4 is 15.7 Å². The molecule has 8 nitrogen and oxygen atoms in total. The van der Waals surface area contributed by atoms with E-state index in [1.807, 2.05) is 12.1 Å². The first-order chi connectivity index (χ1) is 14.5. The number of carbonyl (C=O) groups excluding carboxylic acids is 1. The summed E-state index contributed by atoms with van der Waals surface area (Å²) in [5.74, 6) is 1.32. The monoisotopic (exact) mass is 429 g/mol. The van der Waals surface area contributed by atoms with Gasteiger partial charge >= 0.3 is 0 Å². The molecule has 0 aliphatic heterocycles. The van der Waals surface area contributed by atoms with Crippen LogP contribution in [0.15, 0.2) is 64.0 Å². The summed E-state index contributed by atoms with van der Waals surface area (Å²) in [6, 6.07) is 15.5. The predicted octanol–water partition coefficient (Wildman–Crippen LogP) is 2.66. The van der Waals surface area contributed by atoms with Gasteiger partial charge in [0.1, 0.15) is 5.75 Å². The molecule has 9 heteroatoms. The van der Waals surface area contributed by atoms with Crippen LogP contribution in [-0.2, 0) is 21.1 Å². The Morgan fingerprint density at radius 3 is 2.53 bits per heavy atom. The summed E-state index contributed by atoms with van der Waals surface area (Å²) in [6.45, 7) is 0.284. The van der Waals surface area contributed by atoms with Gasteiger partial charge in [-0.1, -0.05) is 23.4 Å². The number of benzene rings is 2. The highest BCUT2D eigenvalue weighted by molar-refractivity contribution is 7.91. The average molecular weight is 429 g/mol. The van der Waals surface area contributed by atoms with Crippen molar-refractivity contribution in [2.24, 2.45) is 0 Å². The lowest BCUT2D eigenvalue weighted by atomic mass is 10.2. The highest BCUT2D eigenvalue weighted by Gasteiger charge is 2.14. The van der Waals surface area contributed by atoms with Crippen LogP contribution in [0.2, 0.25) is 0 Å². The van der Waals surface area contributed by atoms with Crippen molar-refractivity contribution in [1.29, 1.82) is 0 Å². The summed E-state index contributed by atoms with van der Waals surface area (Å²) in [7, 11) is -1.74. The molecule has 0 fully saturated rings. The number of hydrogen-bond donors (Lipinski definition) is 1. The van der Waals surface area contributed by atoms with Crippen molar-refractivity contribution in [2.75, 3.05) is 19.4 Å². The molecule has 1 aromatic heterocycles. The van der Waals surface area contributed by atoms with E-state index in [1.54, 1.807) is 49.6 Å². The average Bonchev–Trinajstić information content (AvgIpc) is 3.25. The van der Waals surface area contributed by atoms with Gasteiger partial charge in [-0.2, -0.15) is 4.98 Å². The van der Waals surface area contributed by atoms with Crippen LogP contribution >= 0.6 is 0 Å². The molecule has 0 atom stereocenters. The maximum atomic E-state index is 12.2. The standard InChI is InChI=1S/C21H23N3O5S/c1-28-17-10-8-16(9-11-17)21-23-20(29-24-21)13-12-19(25)22-14-5-15-30(26,27)18-6-3-2-4-7-18/h2-4,6-11H,5,12-15H2,1H3,(H,22,25). The van der Waals surface area contributed by atoms with Gasteiger partial charge in [-0.3, -0.25) is 4.79 Å². The summed E-state index contributed by atoms with van der Waals surface area (Å²) in [5, 5.41) is 6.65. The van der Waals surface area contributed by atoms with Gasteiger partial charge in [0.2, 0.25) is 17.6 Å². The van der Waals surface area contributed by atoms with Crippen LogP contribution in [0.1, 0.15) is 18.7 Å². The van der Waals surface area contributed by atoms with Crippen LogP contribution < -0.4 is 10.1 Å². The van der Waals surface area contributed by atoms with E-state index in [0.29, 0.717) is 29.5 Å². The molecule has 3 aromatic rings. The molecular weight excluding hydrogens is 406 g/mol. The number of amides is 1. The van der Waals surface area contributed by atoms with Crippen LogP contribution in [0.25, 0.3) is 11.4 Å². The molecule has 2 aromatic carbocycles. The van der Waals surface area contributed by atoms with E-state index in [9.17, 15) is 13.2 Å². The van der Waals surface area contributed by atoms with Crippen molar-refractivity contribution in [3.8, 4) is 17.1 Å². The number of rotatable bonds is 10. The number of aromatic nitrogens is 2. The van der Waals surface area contributed by atoms with Gasteiger partial charge < -0.3 is 14.6 Å². The zero-order valence-electron chi connectivity index (χ0n) is 16.6. The lowest BCUT2D eigenvalue weighted by Crippen LogP contribution is -2.26. The molecular formula is C21H23N3O5S. The number of carbonyl (C=O) groups is 1. The molecule has 3 rings (SSSR count). The van der Waals surface area contributed by atoms with Crippen molar-refractivity contribution in [1.82, 2.24) is 15.5 Å². The zero-order chi connectivity index (χ0) is 21.4. The number of aryl methyl sites for hydroxylation is 1. The number of nitrogens with one attached hydrogen (secondary N) is 1. The smallest absolute Gasteiger partial charge is 0.227 e. The van der Waals surface area contributed by atoms with Gasteiger partial charge in [-0.15, -0.1) is 0 Å². The van der Waals surface area contributed by atoms with Gasteiger partial charge in [0.25, 0.3) is 0 Å². The van der Waals surface area contributed by atoms with E-state index < -0.39 is 9.84 Å². The molecule has 1 amide bonds. The quantitative estimate of drug-likeness (QED) is 0.493. The molecule has 0 aliphatic rings. The van der Waals surface area contributed by atoms with E-state index in [1.165, 1.54) is 0 Å². The van der Waals surface area contributed by atoms with Gasteiger partial charge in [0.05, 0.1) is 17.8 Å². The van der Waals surface area contributed by atoms with Crippen LogP contribution in [0.3, 0.4) is 0 Å². The third-order valence-corrected chi connectivity index (χ3v) is 6.21. The van der Waals surface area contributed by atoms with E-state index in [-0.39, 0.29) is 24.6 Å². The molecule has 0 bridgehead atoms. The van der Waals surface area contributed by atoms with Gasteiger partial charge in [0, 0.05) is 24.9 Å². The van der Waals surface area contributed by atoms with Gasteiger partial charge in [0.15, 0.2) is 9.84 Å². The Labute approximate surface area is 175 Å². The zero-order valence-corrected chi connectivity index (χ0v) is 17.4. The third-order valence-electron chi connectivity index (χ3n) is 4.40. The Morgan fingerprint density at radius 1 is 1.10 bits per heavy atom. The third kappa shape index (κ3) is 5.90. The number of methoxy groups -OCH3 is 1. The fourth-order valence-corrected chi connectivity index (χ4v) is 4.09. The molecule has 0 radical (unpaired) electrons. The highest BCUT2D eigenvalue weighted by atomic mass is 32.2. The molecule has 1 N–H and O–H groups in total. The molecule has 30 heavy (non-hydrogen) atoms. The van der Waals surface area contributed by atoms with E-state index >= 15 is 0 Å². The first-order valence-corrected chi connectivity index (χ1v) is 11.1. The fraction of sp³-hybridized carbons (Fsp3) is 0.286. The van der Waals surface area contributed by atoms with Crippen LogP contribution in [0.5, 0.6) is 5.75 Å². The SMILES string of the molecule is COc1ccc(-c2noc(CCC(=O)NCCCS(=O)(=O)c3ccccc3)n2)cc1. The Bertz CT molecular complexity index is 1060. The largest absolute Gasteiger partial charge is 0.497 e. The van der Waals surface area contributed by atoms with Crippen molar-refractivity contribution in [3.63, 3.8) is 0 Å². The van der Waals surface area contributed by atoms with Crippen molar-refractivity contribution in [3.05, 3.63) is 60.5 Å². The lowest BCUT2D eigenvalue weighted by Gasteiger charge is -2.06. The minimum absolute atomic E-state index is 0.0217. The summed E-state index contributed by atoms with van der Waals surface area (Å²) >= 11 is 0. The number of hydrogen-bond acceptors (Lipinski definition) is 7. The van der Waals surface area contributed by atoms with Crippen LogP contribution in [-0.4, -0.2) is 43.9 Å². The normalized spacial score (nSPS) is 11.2. The molecule has 1 heterocycles. The lowest BCUT2D eigenvalue weighted by molar-refractivity contribution is -0.121. The molecule has 0 unspecified atom stereocenters. The van der Waals surface area contributed by atoms with E-state index in [2.05, 4.69) is 15.5 Å². The Balaban J connectivity index is 1.40. The number of sulfone groups is 1. The number of nitrogens with zero attached hydrogens (tertiary/aromatic N) is 2. The van der Waals surface area contributed by atoms with Crippen molar-refractivity contribution in [2.45, 2.75) is 24.2 Å². The Kier molecular flexibility index (Phi) is 7.18. The second kappa shape index (κ2) is 10.0. The maximum Gasteiger partial charge on any atom is 0.227 e. The molecule has 158 valence electrons. The van der Waals surface area contributed by atoms with E-state index in [0.717, 1.165) is 11.3 Å². The summed E-state index contributed by atoms with van der Waals surface area (Å²) in [6.07, 6.45) is 0.818. The Hall–Kier alpha value is -3.20. The maximum absolute atomic E-state index is 12.2. The van der Waals surface area contributed by atoms with Crippen molar-refractivity contribution < 1.29 is 22.5 Å². The number of ether oxygens (including phenoxy) is 1. The molecule has 0 spiro atoms. The topological polar surface area (TPSA) is 111 Å². The van der Waals surface area contributed by atoms with Gasteiger partial charge in [-0.25, -0.2) is 8.42 Å². The van der Waals surface area contributed by atoms with Gasteiger partial charge in [-0.05, 0) is 42.8 Å². The first-order valence-electron chi connectivity index (χ1n) is 9.49. The minimum atomic E-state index is -3.33. The molecule has 0 saturated carbocycles. The Morgan fingerprint density at radius 2 is 1.83 bits per heavy atom. The van der Waals surface area contributed by atoms with Crippen LogP contribution in [0.4, 0.5) is 0 Å². The first kappa shape index (κ1) is 21.5. The van der Waals surface area contributed by atoms with E-state index in [4.69, 9.17) is 9.26 Å². The minimum Gasteiger partial charge on any atom is -0.497 e. The summed E-state index contributed by atoms with van der Waals surface area (Å²) in [5.41, 5.74) is 0.787. The summed E-state index contributed by atoms with van der Waals surface area (Å²) in [4.78, 5) is 16.6. The molecule has 0 aliphatic carbocycles. The fourth-order valence-electron chi connectivity index (χ4n) is 2.76. The second-order valence-corrected chi connectivity index (χ2v) is 8.68. The second-order valence-electron chi connectivity index (χ2n) is 6.58. The highest BCUT2D eigenvalue weighted by Crippen LogP contribution is 2.20. The summed E-state index contributed by atoms with van der Waals surface area (Å²) < 4.78 is 34.7. The predicted molar refractivity (Wildman–Crippen MR) is 111 cm³/mol.